The van der Waals surface area contributed by atoms with Crippen molar-refractivity contribution in [3.8, 4) is 0 Å². The first-order valence-electron chi connectivity index (χ1n) is 4.33. The number of hydrogen-bond acceptors (Lipinski definition) is 2. The van der Waals surface area contributed by atoms with Crippen LogP contribution in [-0.2, 0) is 6.42 Å². The van der Waals surface area contributed by atoms with E-state index >= 15 is 0 Å². The molecule has 2 aromatic rings. The first-order chi connectivity index (χ1) is 6.24. The molecule has 3 heteroatoms. The number of nitrogens with one attached hydrogen (secondary N) is 1. The predicted octanol–water partition coefficient (Wildman–Crippen LogP) is 2.46. The van der Waals surface area contributed by atoms with Crippen LogP contribution in [0.3, 0.4) is 0 Å². The van der Waals surface area contributed by atoms with Crippen molar-refractivity contribution >= 4 is 21.6 Å². The lowest BCUT2D eigenvalue weighted by Gasteiger charge is -2.02. The zero-order valence-corrected chi connectivity index (χ0v) is 8.49. The highest BCUT2D eigenvalue weighted by molar-refractivity contribution is 7.17. The van der Waals surface area contributed by atoms with Crippen LogP contribution in [0.1, 0.15) is 18.2 Å². The van der Waals surface area contributed by atoms with Gasteiger partial charge in [-0.2, -0.15) is 0 Å². The highest BCUT2D eigenvalue weighted by atomic mass is 32.1. The van der Waals surface area contributed by atoms with Crippen LogP contribution in [-0.4, -0.2) is 4.98 Å². The second-order valence-electron chi connectivity index (χ2n) is 3.07. The van der Waals surface area contributed by atoms with Gasteiger partial charge >= 0.3 is 0 Å². The number of aromatic amines is 1. The zero-order chi connectivity index (χ0) is 9.42. The van der Waals surface area contributed by atoms with Crippen LogP contribution in [0.5, 0.6) is 0 Å². The van der Waals surface area contributed by atoms with Crippen LogP contribution in [0.2, 0.25) is 0 Å². The van der Waals surface area contributed by atoms with Gasteiger partial charge in [0.25, 0.3) is 0 Å². The van der Waals surface area contributed by atoms with Gasteiger partial charge in [-0.3, -0.25) is 4.79 Å². The Hall–Kier alpha value is -1.09. The molecule has 0 amide bonds. The van der Waals surface area contributed by atoms with Gasteiger partial charge in [-0.25, -0.2) is 0 Å². The summed E-state index contributed by atoms with van der Waals surface area (Å²) in [6, 6.07) is 1.96. The second kappa shape index (κ2) is 3.00. The molecule has 2 aromatic heterocycles. The first-order valence-corrected chi connectivity index (χ1v) is 5.21. The minimum absolute atomic E-state index is 0.181. The van der Waals surface area contributed by atoms with E-state index in [1.165, 1.54) is 11.3 Å². The molecule has 0 saturated carbocycles. The van der Waals surface area contributed by atoms with E-state index in [0.717, 1.165) is 27.9 Å². The van der Waals surface area contributed by atoms with E-state index in [1.807, 2.05) is 18.4 Å². The number of H-pyrrole nitrogens is 1. The van der Waals surface area contributed by atoms with E-state index in [0.29, 0.717) is 0 Å². The Kier molecular flexibility index (Phi) is 1.96. The molecule has 2 heterocycles. The third kappa shape index (κ3) is 1.20. The van der Waals surface area contributed by atoms with Gasteiger partial charge in [-0.1, -0.05) is 6.92 Å². The topological polar surface area (TPSA) is 32.9 Å². The minimum atomic E-state index is 0.181. The third-order valence-electron chi connectivity index (χ3n) is 2.30. The third-order valence-corrected chi connectivity index (χ3v) is 3.22. The van der Waals surface area contributed by atoms with Gasteiger partial charge in [0.15, 0.2) is 0 Å². The van der Waals surface area contributed by atoms with Gasteiger partial charge < -0.3 is 4.98 Å². The Bertz CT molecular complexity index is 495. The maximum atomic E-state index is 11.8. The summed E-state index contributed by atoms with van der Waals surface area (Å²) >= 11 is 1.50. The number of aromatic nitrogens is 1. The van der Waals surface area contributed by atoms with Crippen LogP contribution < -0.4 is 5.43 Å². The molecule has 0 aliphatic carbocycles. The molecule has 1 N–H and O–H groups in total. The van der Waals surface area contributed by atoms with Crippen LogP contribution >= 0.6 is 11.3 Å². The molecule has 0 aromatic carbocycles. The monoisotopic (exact) mass is 193 g/mol. The molecule has 0 atom stereocenters. The van der Waals surface area contributed by atoms with Gasteiger partial charge in [0.2, 0.25) is 5.43 Å². The lowest BCUT2D eigenvalue weighted by Crippen LogP contribution is -2.09. The summed E-state index contributed by atoms with van der Waals surface area (Å²) in [6.07, 6.45) is 0.882. The average molecular weight is 193 g/mol. The molecular weight excluding hydrogens is 182 g/mol. The van der Waals surface area contributed by atoms with Gasteiger partial charge in [-0.15, -0.1) is 11.3 Å². The van der Waals surface area contributed by atoms with Crippen molar-refractivity contribution in [2.45, 2.75) is 20.3 Å². The van der Waals surface area contributed by atoms with Gasteiger partial charge in [0.1, 0.15) is 0 Å². The van der Waals surface area contributed by atoms with Crippen LogP contribution in [0, 0.1) is 6.92 Å². The summed E-state index contributed by atoms with van der Waals surface area (Å²) in [5.74, 6) is 0. The van der Waals surface area contributed by atoms with E-state index in [4.69, 9.17) is 0 Å². The fourth-order valence-corrected chi connectivity index (χ4v) is 2.35. The maximum absolute atomic E-state index is 11.8. The number of hydrogen-bond donors (Lipinski definition) is 1. The SMILES string of the molecule is CCc1[nH]c2ccsc2c(=O)c1C. The molecule has 2 nitrogen and oxygen atoms in total. The van der Waals surface area contributed by atoms with Gasteiger partial charge in [-0.05, 0) is 24.8 Å². The average Bonchev–Trinajstić information content (AvgIpc) is 2.59. The number of thiophene rings is 1. The summed E-state index contributed by atoms with van der Waals surface area (Å²) in [5, 5.41) is 1.95. The van der Waals surface area contributed by atoms with Crippen molar-refractivity contribution in [3.05, 3.63) is 32.9 Å². The first kappa shape index (κ1) is 8.51. The highest BCUT2D eigenvalue weighted by Crippen LogP contribution is 2.16. The molecule has 13 heavy (non-hydrogen) atoms. The molecule has 0 aliphatic rings. The standard InChI is InChI=1S/C10H11NOS/c1-3-7-6(2)9(12)10-8(11-7)4-5-13-10/h4-5H,3H2,1-2H3,(H,11,12). The molecule has 0 spiro atoms. The Balaban J connectivity index is 2.92. The lowest BCUT2D eigenvalue weighted by atomic mass is 10.1. The molecule has 2 rings (SSSR count). The molecule has 68 valence electrons. The Morgan fingerprint density at radius 1 is 1.54 bits per heavy atom. The van der Waals surface area contributed by atoms with Gasteiger partial charge in [0, 0.05) is 11.3 Å². The number of rotatable bonds is 1. The van der Waals surface area contributed by atoms with Crippen molar-refractivity contribution in [1.29, 1.82) is 0 Å². The molecule has 0 fully saturated rings. The van der Waals surface area contributed by atoms with E-state index < -0.39 is 0 Å². The van der Waals surface area contributed by atoms with Crippen molar-refractivity contribution in [2.75, 3.05) is 0 Å². The van der Waals surface area contributed by atoms with Crippen molar-refractivity contribution < 1.29 is 0 Å². The quantitative estimate of drug-likeness (QED) is 0.741. The number of pyridine rings is 1. The smallest absolute Gasteiger partial charge is 0.202 e. The van der Waals surface area contributed by atoms with E-state index in [2.05, 4.69) is 11.9 Å². The van der Waals surface area contributed by atoms with Gasteiger partial charge in [0.05, 0.1) is 10.2 Å². The summed E-state index contributed by atoms with van der Waals surface area (Å²) in [4.78, 5) is 15.0. The van der Waals surface area contributed by atoms with Crippen LogP contribution in [0.15, 0.2) is 16.2 Å². The highest BCUT2D eigenvalue weighted by Gasteiger charge is 2.06. The number of fused-ring (bicyclic) bond motifs is 1. The largest absolute Gasteiger partial charge is 0.357 e. The number of aryl methyl sites for hydroxylation is 1. The minimum Gasteiger partial charge on any atom is -0.357 e. The molecule has 0 aliphatic heterocycles. The Morgan fingerprint density at radius 2 is 2.31 bits per heavy atom. The maximum Gasteiger partial charge on any atom is 0.202 e. The molecule has 0 bridgehead atoms. The molecule has 0 radical (unpaired) electrons. The van der Waals surface area contributed by atoms with E-state index in [9.17, 15) is 4.79 Å². The second-order valence-corrected chi connectivity index (χ2v) is 3.99. The molecular formula is C10H11NOS. The molecule has 0 unspecified atom stereocenters. The summed E-state index contributed by atoms with van der Waals surface area (Å²) < 4.78 is 0.842. The van der Waals surface area contributed by atoms with Crippen LogP contribution in [0.25, 0.3) is 10.2 Å². The van der Waals surface area contributed by atoms with Crippen molar-refractivity contribution in [1.82, 2.24) is 4.98 Å². The lowest BCUT2D eigenvalue weighted by molar-refractivity contribution is 1.02. The zero-order valence-electron chi connectivity index (χ0n) is 7.68. The summed E-state index contributed by atoms with van der Waals surface area (Å²) in [6.45, 7) is 3.94. The fourth-order valence-electron chi connectivity index (χ4n) is 1.50. The van der Waals surface area contributed by atoms with Crippen molar-refractivity contribution in [2.24, 2.45) is 0 Å². The van der Waals surface area contributed by atoms with Crippen molar-refractivity contribution in [3.63, 3.8) is 0 Å². The Morgan fingerprint density at radius 3 is 3.00 bits per heavy atom. The van der Waals surface area contributed by atoms with E-state index in [-0.39, 0.29) is 5.43 Å². The summed E-state index contributed by atoms with van der Waals surface area (Å²) in [7, 11) is 0. The van der Waals surface area contributed by atoms with E-state index in [1.54, 1.807) is 0 Å². The normalized spacial score (nSPS) is 10.9. The Labute approximate surface area is 80.2 Å². The predicted molar refractivity (Wildman–Crippen MR) is 56.6 cm³/mol. The fraction of sp³-hybridized carbons (Fsp3) is 0.300. The van der Waals surface area contributed by atoms with Crippen LogP contribution in [0.4, 0.5) is 0 Å². The molecule has 0 saturated heterocycles. The summed E-state index contributed by atoms with van der Waals surface area (Å²) in [5.41, 5.74) is 3.06.